The molecular formula is C17H24N2. The van der Waals surface area contributed by atoms with E-state index in [1.54, 1.807) is 0 Å². The number of benzene rings is 1. The second kappa shape index (κ2) is 4.75. The molecule has 19 heavy (non-hydrogen) atoms. The highest BCUT2D eigenvalue weighted by atomic mass is 15.2. The molecule has 3 heterocycles. The molecule has 102 valence electrons. The fourth-order valence-corrected chi connectivity index (χ4v) is 3.65. The average Bonchev–Trinajstić information content (AvgIpc) is 2.44. The van der Waals surface area contributed by atoms with Crippen LogP contribution in [0.5, 0.6) is 0 Å². The molecule has 0 amide bonds. The molecule has 0 aromatic heterocycles. The second-order valence-electron chi connectivity index (χ2n) is 6.42. The Kier molecular flexibility index (Phi) is 3.22. The molecule has 2 heteroatoms. The first kappa shape index (κ1) is 12.9. The van der Waals surface area contributed by atoms with E-state index in [1.165, 1.54) is 37.2 Å². The van der Waals surface area contributed by atoms with Gasteiger partial charge in [0.05, 0.1) is 11.6 Å². The Bertz CT molecular complexity index is 467. The number of hydrogen-bond donors (Lipinski definition) is 0. The normalized spacial score (nSPS) is 32.5. The summed E-state index contributed by atoms with van der Waals surface area (Å²) in [5, 5.41) is 0. The van der Waals surface area contributed by atoms with E-state index in [0.717, 1.165) is 0 Å². The van der Waals surface area contributed by atoms with Crippen LogP contribution >= 0.6 is 0 Å². The van der Waals surface area contributed by atoms with E-state index in [0.29, 0.717) is 5.92 Å². The van der Waals surface area contributed by atoms with Crippen LogP contribution in [0, 0.1) is 5.92 Å². The fourth-order valence-electron chi connectivity index (χ4n) is 3.65. The molecule has 1 aromatic carbocycles. The number of hydrogen-bond acceptors (Lipinski definition) is 2. The first-order chi connectivity index (χ1) is 9.09. The number of rotatable bonds is 2. The monoisotopic (exact) mass is 256 g/mol. The summed E-state index contributed by atoms with van der Waals surface area (Å²) in [6.45, 7) is 9.40. The summed E-state index contributed by atoms with van der Waals surface area (Å²) >= 11 is 0. The lowest BCUT2D eigenvalue weighted by Crippen LogP contribution is -2.61. The van der Waals surface area contributed by atoms with Crippen LogP contribution in [0.2, 0.25) is 0 Å². The van der Waals surface area contributed by atoms with Gasteiger partial charge in [0.25, 0.3) is 0 Å². The molecule has 0 aliphatic carbocycles. The molecule has 2 bridgehead atoms. The van der Waals surface area contributed by atoms with Gasteiger partial charge < -0.3 is 0 Å². The number of nitrogens with zero attached hydrogens (tertiary/aromatic N) is 2. The third kappa shape index (κ3) is 2.23. The third-order valence-corrected chi connectivity index (χ3v) is 4.91. The molecule has 3 aliphatic rings. The van der Waals surface area contributed by atoms with Crippen molar-refractivity contribution < 1.29 is 0 Å². The maximum absolute atomic E-state index is 5.12. The Morgan fingerprint density at radius 1 is 1.16 bits per heavy atom. The van der Waals surface area contributed by atoms with Crippen LogP contribution in [0.3, 0.4) is 0 Å². The average molecular weight is 256 g/mol. The van der Waals surface area contributed by atoms with Crippen molar-refractivity contribution in [2.24, 2.45) is 10.9 Å². The maximum atomic E-state index is 5.12. The van der Waals surface area contributed by atoms with Crippen molar-refractivity contribution in [2.45, 2.75) is 45.2 Å². The minimum absolute atomic E-state index is 0.157. The molecule has 0 saturated carbocycles. The van der Waals surface area contributed by atoms with E-state index in [9.17, 15) is 0 Å². The Balaban J connectivity index is 1.90. The van der Waals surface area contributed by atoms with Crippen LogP contribution in [0.1, 0.15) is 45.2 Å². The zero-order chi connectivity index (χ0) is 13.5. The first-order valence-corrected chi connectivity index (χ1v) is 7.47. The van der Waals surface area contributed by atoms with Crippen molar-refractivity contribution in [1.29, 1.82) is 0 Å². The van der Waals surface area contributed by atoms with Crippen LogP contribution in [0.25, 0.3) is 0 Å². The Labute approximate surface area is 116 Å². The fraction of sp³-hybridized carbons (Fsp3) is 0.588. The SMILES string of the molecule is C[C@@H](/N=C1/C2CCN(CC2)C1(C)C)c1ccccc1. The zero-order valence-electron chi connectivity index (χ0n) is 12.3. The van der Waals surface area contributed by atoms with Gasteiger partial charge in [0.1, 0.15) is 0 Å². The molecule has 3 fully saturated rings. The van der Waals surface area contributed by atoms with Gasteiger partial charge in [-0.2, -0.15) is 0 Å². The van der Waals surface area contributed by atoms with Crippen LogP contribution < -0.4 is 0 Å². The summed E-state index contributed by atoms with van der Waals surface area (Å²) in [7, 11) is 0. The van der Waals surface area contributed by atoms with Crippen LogP contribution in [-0.2, 0) is 0 Å². The zero-order valence-corrected chi connectivity index (χ0v) is 12.3. The number of aliphatic imine (C=N–C) groups is 1. The van der Waals surface area contributed by atoms with Crippen molar-refractivity contribution in [3.05, 3.63) is 35.9 Å². The molecule has 0 spiro atoms. The van der Waals surface area contributed by atoms with Gasteiger partial charge in [-0.1, -0.05) is 30.3 Å². The summed E-state index contributed by atoms with van der Waals surface area (Å²) in [5.74, 6) is 0.714. The highest BCUT2D eigenvalue weighted by molar-refractivity contribution is 5.96. The van der Waals surface area contributed by atoms with Crippen molar-refractivity contribution in [2.75, 3.05) is 13.1 Å². The van der Waals surface area contributed by atoms with E-state index in [-0.39, 0.29) is 11.6 Å². The first-order valence-electron chi connectivity index (χ1n) is 7.47. The molecular weight excluding hydrogens is 232 g/mol. The lowest BCUT2D eigenvalue weighted by Gasteiger charge is -2.52. The Morgan fingerprint density at radius 3 is 2.37 bits per heavy atom. The van der Waals surface area contributed by atoms with Crippen LogP contribution in [0.15, 0.2) is 35.3 Å². The Morgan fingerprint density at radius 2 is 1.79 bits per heavy atom. The maximum Gasteiger partial charge on any atom is 0.0721 e. The van der Waals surface area contributed by atoms with E-state index in [1.807, 2.05) is 0 Å². The number of piperidine rings is 3. The molecule has 0 radical (unpaired) electrons. The molecule has 3 aliphatic heterocycles. The summed E-state index contributed by atoms with van der Waals surface area (Å²) in [4.78, 5) is 7.72. The van der Waals surface area contributed by atoms with Gasteiger partial charge in [0.2, 0.25) is 0 Å². The van der Waals surface area contributed by atoms with Crippen molar-refractivity contribution in [3.63, 3.8) is 0 Å². The predicted molar refractivity (Wildman–Crippen MR) is 80.7 cm³/mol. The van der Waals surface area contributed by atoms with E-state index < -0.39 is 0 Å². The minimum atomic E-state index is 0.157. The minimum Gasteiger partial charge on any atom is -0.293 e. The third-order valence-electron chi connectivity index (χ3n) is 4.91. The summed E-state index contributed by atoms with van der Waals surface area (Å²) < 4.78 is 0. The highest BCUT2D eigenvalue weighted by Gasteiger charge is 2.44. The van der Waals surface area contributed by atoms with E-state index >= 15 is 0 Å². The summed E-state index contributed by atoms with van der Waals surface area (Å²) in [5.41, 5.74) is 2.91. The predicted octanol–water partition coefficient (Wildman–Crippen LogP) is 3.69. The molecule has 0 unspecified atom stereocenters. The standard InChI is InChI=1S/C17H24N2/c1-13(14-7-5-4-6-8-14)18-16-15-9-11-19(12-10-15)17(16,2)3/h4-8,13,15H,9-12H2,1-3H3/b18-16-/t13-/m1/s1. The summed E-state index contributed by atoms with van der Waals surface area (Å²) in [6, 6.07) is 10.9. The molecule has 2 nitrogen and oxygen atoms in total. The van der Waals surface area contributed by atoms with E-state index in [2.05, 4.69) is 56.0 Å². The van der Waals surface area contributed by atoms with Crippen molar-refractivity contribution in [1.82, 2.24) is 4.90 Å². The molecule has 4 rings (SSSR count). The van der Waals surface area contributed by atoms with Crippen LogP contribution in [0.4, 0.5) is 0 Å². The van der Waals surface area contributed by atoms with Gasteiger partial charge in [0, 0.05) is 11.6 Å². The second-order valence-corrected chi connectivity index (χ2v) is 6.42. The largest absolute Gasteiger partial charge is 0.293 e. The van der Waals surface area contributed by atoms with Gasteiger partial charge in [-0.3, -0.25) is 9.89 Å². The van der Waals surface area contributed by atoms with Crippen LogP contribution in [-0.4, -0.2) is 29.2 Å². The van der Waals surface area contributed by atoms with Gasteiger partial charge >= 0.3 is 0 Å². The quantitative estimate of drug-likeness (QED) is 0.788. The smallest absolute Gasteiger partial charge is 0.0721 e. The highest BCUT2D eigenvalue weighted by Crippen LogP contribution is 2.38. The van der Waals surface area contributed by atoms with Gasteiger partial charge in [-0.05, 0) is 52.3 Å². The van der Waals surface area contributed by atoms with Crippen molar-refractivity contribution in [3.8, 4) is 0 Å². The molecule has 0 N–H and O–H groups in total. The Hall–Kier alpha value is -1.15. The molecule has 1 aromatic rings. The van der Waals surface area contributed by atoms with Gasteiger partial charge in [0.15, 0.2) is 0 Å². The molecule has 3 saturated heterocycles. The lowest BCUT2D eigenvalue weighted by molar-refractivity contribution is 0.0934. The topological polar surface area (TPSA) is 15.6 Å². The number of fused-ring (bicyclic) bond motifs is 3. The molecule has 1 atom stereocenters. The summed E-state index contributed by atoms with van der Waals surface area (Å²) in [6.07, 6.45) is 2.59. The van der Waals surface area contributed by atoms with Crippen molar-refractivity contribution >= 4 is 5.71 Å². The van der Waals surface area contributed by atoms with Gasteiger partial charge in [-0.15, -0.1) is 0 Å². The van der Waals surface area contributed by atoms with E-state index in [4.69, 9.17) is 4.99 Å². The van der Waals surface area contributed by atoms with Gasteiger partial charge in [-0.25, -0.2) is 0 Å². The lowest BCUT2D eigenvalue weighted by atomic mass is 9.74.